The molecule has 1 aliphatic rings. The van der Waals surface area contributed by atoms with Crippen LogP contribution in [0.25, 0.3) is 10.2 Å². The van der Waals surface area contributed by atoms with Crippen LogP contribution in [0.3, 0.4) is 0 Å². The second-order valence-electron chi connectivity index (χ2n) is 5.13. The van der Waals surface area contributed by atoms with Crippen molar-refractivity contribution in [2.24, 2.45) is 5.92 Å². The first-order chi connectivity index (χ1) is 9.08. The zero-order valence-electron chi connectivity index (χ0n) is 10.9. The van der Waals surface area contributed by atoms with Gasteiger partial charge in [-0.3, -0.25) is 9.69 Å². The summed E-state index contributed by atoms with van der Waals surface area (Å²) < 4.78 is 1.14. The standard InChI is InChI=1S/C14H15ClN2OS/c1-8-3-11-12(4-9(8)2)19-14(16-11)17-7-10(6-15)5-13(17)18/h3-4,10H,5-7H2,1-2H3. The van der Waals surface area contributed by atoms with Crippen LogP contribution < -0.4 is 4.90 Å². The van der Waals surface area contributed by atoms with Crippen LogP contribution in [0.2, 0.25) is 0 Å². The van der Waals surface area contributed by atoms with Crippen molar-refractivity contribution in [1.29, 1.82) is 0 Å². The van der Waals surface area contributed by atoms with Gasteiger partial charge in [0.15, 0.2) is 5.13 Å². The van der Waals surface area contributed by atoms with Gasteiger partial charge >= 0.3 is 0 Å². The summed E-state index contributed by atoms with van der Waals surface area (Å²) in [6.07, 6.45) is 0.539. The van der Waals surface area contributed by atoms with E-state index in [9.17, 15) is 4.79 Å². The summed E-state index contributed by atoms with van der Waals surface area (Å²) in [5, 5.41) is 0.803. The summed E-state index contributed by atoms with van der Waals surface area (Å²) >= 11 is 7.43. The summed E-state index contributed by atoms with van der Waals surface area (Å²) in [5.41, 5.74) is 3.47. The molecule has 0 bridgehead atoms. The Morgan fingerprint density at radius 2 is 2.16 bits per heavy atom. The van der Waals surface area contributed by atoms with Crippen molar-refractivity contribution in [2.45, 2.75) is 20.3 Å². The number of aromatic nitrogens is 1. The van der Waals surface area contributed by atoms with E-state index in [1.165, 1.54) is 11.1 Å². The number of halogens is 1. The average Bonchev–Trinajstić information content (AvgIpc) is 2.93. The zero-order chi connectivity index (χ0) is 13.6. The molecular formula is C14H15ClN2OS. The SMILES string of the molecule is Cc1cc2nc(N3CC(CCl)CC3=O)sc2cc1C. The lowest BCUT2D eigenvalue weighted by Crippen LogP contribution is -2.24. The van der Waals surface area contributed by atoms with Crippen molar-refractivity contribution in [2.75, 3.05) is 17.3 Å². The van der Waals surface area contributed by atoms with Crippen LogP contribution in [0.1, 0.15) is 17.5 Å². The van der Waals surface area contributed by atoms with Gasteiger partial charge in [-0.2, -0.15) is 0 Å². The van der Waals surface area contributed by atoms with Gasteiger partial charge in [0.1, 0.15) is 0 Å². The third kappa shape index (κ3) is 2.23. The predicted octanol–water partition coefficient (Wildman–Crippen LogP) is 3.50. The molecule has 0 radical (unpaired) electrons. The van der Waals surface area contributed by atoms with E-state index < -0.39 is 0 Å². The second kappa shape index (κ2) is 4.76. The molecule has 100 valence electrons. The molecule has 0 N–H and O–H groups in total. The number of carbonyl (C=O) groups is 1. The van der Waals surface area contributed by atoms with Crippen LogP contribution in [-0.4, -0.2) is 23.3 Å². The largest absolute Gasteiger partial charge is 0.288 e. The Morgan fingerprint density at radius 1 is 1.42 bits per heavy atom. The maximum absolute atomic E-state index is 12.0. The molecule has 1 aromatic carbocycles. The number of hydrogen-bond acceptors (Lipinski definition) is 3. The van der Waals surface area contributed by atoms with Gasteiger partial charge < -0.3 is 0 Å². The maximum atomic E-state index is 12.0. The Balaban J connectivity index is 2.00. The summed E-state index contributed by atoms with van der Waals surface area (Å²) in [7, 11) is 0. The van der Waals surface area contributed by atoms with E-state index in [2.05, 4.69) is 31.0 Å². The van der Waals surface area contributed by atoms with Crippen molar-refractivity contribution < 1.29 is 4.79 Å². The van der Waals surface area contributed by atoms with Crippen molar-refractivity contribution in [3.05, 3.63) is 23.3 Å². The smallest absolute Gasteiger partial charge is 0.229 e. The molecule has 3 nitrogen and oxygen atoms in total. The number of amides is 1. The fourth-order valence-electron chi connectivity index (χ4n) is 2.35. The quantitative estimate of drug-likeness (QED) is 0.794. The van der Waals surface area contributed by atoms with Crippen LogP contribution in [0, 0.1) is 19.8 Å². The van der Waals surface area contributed by atoms with E-state index >= 15 is 0 Å². The fraction of sp³-hybridized carbons (Fsp3) is 0.429. The number of hydrogen-bond donors (Lipinski definition) is 0. The lowest BCUT2D eigenvalue weighted by atomic mass is 10.1. The van der Waals surface area contributed by atoms with Crippen LogP contribution >= 0.6 is 22.9 Å². The molecule has 1 unspecified atom stereocenters. The summed E-state index contributed by atoms with van der Waals surface area (Å²) in [6.45, 7) is 4.87. The number of anilines is 1. The number of thiazole rings is 1. The van der Waals surface area contributed by atoms with Crippen LogP contribution in [0.5, 0.6) is 0 Å². The monoisotopic (exact) mass is 294 g/mol. The first-order valence-electron chi connectivity index (χ1n) is 6.32. The summed E-state index contributed by atoms with van der Waals surface area (Å²) in [4.78, 5) is 18.4. The summed E-state index contributed by atoms with van der Waals surface area (Å²) in [6, 6.07) is 4.23. The van der Waals surface area contributed by atoms with E-state index in [0.29, 0.717) is 18.8 Å². The second-order valence-corrected chi connectivity index (χ2v) is 6.45. The highest BCUT2D eigenvalue weighted by Gasteiger charge is 2.31. The predicted molar refractivity (Wildman–Crippen MR) is 80.3 cm³/mol. The number of alkyl halides is 1. The molecule has 1 fully saturated rings. The molecule has 5 heteroatoms. The Hall–Kier alpha value is -1.13. The molecule has 1 amide bonds. The van der Waals surface area contributed by atoms with Gasteiger partial charge in [0.25, 0.3) is 0 Å². The number of nitrogens with zero attached hydrogens (tertiary/aromatic N) is 2. The zero-order valence-corrected chi connectivity index (χ0v) is 12.5. The molecule has 0 spiro atoms. The number of fused-ring (bicyclic) bond motifs is 1. The van der Waals surface area contributed by atoms with Gasteiger partial charge in [-0.05, 0) is 43.0 Å². The molecule has 0 aliphatic carbocycles. The Bertz CT molecular complexity index is 613. The molecule has 1 aliphatic heterocycles. The van der Waals surface area contributed by atoms with E-state index in [-0.39, 0.29) is 11.8 Å². The topological polar surface area (TPSA) is 33.2 Å². The molecular weight excluding hydrogens is 280 g/mol. The minimum Gasteiger partial charge on any atom is -0.288 e. The van der Waals surface area contributed by atoms with E-state index in [1.54, 1.807) is 16.2 Å². The normalized spacial score (nSPS) is 19.6. The molecule has 2 aromatic rings. The lowest BCUT2D eigenvalue weighted by Gasteiger charge is -2.11. The molecule has 1 aromatic heterocycles. The van der Waals surface area contributed by atoms with Gasteiger partial charge in [-0.15, -0.1) is 11.6 Å². The Morgan fingerprint density at radius 3 is 2.84 bits per heavy atom. The highest BCUT2D eigenvalue weighted by molar-refractivity contribution is 7.22. The van der Waals surface area contributed by atoms with Gasteiger partial charge in [0.05, 0.1) is 10.2 Å². The maximum Gasteiger partial charge on any atom is 0.229 e. The number of benzene rings is 1. The van der Waals surface area contributed by atoms with Gasteiger partial charge in [0, 0.05) is 18.8 Å². The minimum absolute atomic E-state index is 0.137. The third-order valence-electron chi connectivity index (χ3n) is 3.65. The highest BCUT2D eigenvalue weighted by Crippen LogP contribution is 2.34. The van der Waals surface area contributed by atoms with Crippen LogP contribution in [-0.2, 0) is 4.79 Å². The molecule has 0 saturated carbocycles. The van der Waals surface area contributed by atoms with Crippen molar-refractivity contribution >= 4 is 44.2 Å². The van der Waals surface area contributed by atoms with Gasteiger partial charge in [0.2, 0.25) is 5.91 Å². The van der Waals surface area contributed by atoms with Crippen molar-refractivity contribution in [1.82, 2.24) is 4.98 Å². The van der Waals surface area contributed by atoms with Crippen molar-refractivity contribution in [3.63, 3.8) is 0 Å². The summed E-state index contributed by atoms with van der Waals surface area (Å²) in [5.74, 6) is 0.925. The number of carbonyl (C=O) groups excluding carboxylic acids is 1. The first kappa shape index (κ1) is 12.9. The number of rotatable bonds is 2. The minimum atomic E-state index is 0.137. The van der Waals surface area contributed by atoms with Gasteiger partial charge in [-0.1, -0.05) is 11.3 Å². The molecule has 19 heavy (non-hydrogen) atoms. The number of aryl methyl sites for hydroxylation is 2. The van der Waals surface area contributed by atoms with E-state index in [0.717, 1.165) is 15.3 Å². The van der Waals surface area contributed by atoms with Crippen LogP contribution in [0.15, 0.2) is 12.1 Å². The molecule has 3 rings (SSSR count). The highest BCUT2D eigenvalue weighted by atomic mass is 35.5. The fourth-order valence-corrected chi connectivity index (χ4v) is 3.63. The molecule has 1 atom stereocenters. The van der Waals surface area contributed by atoms with E-state index in [4.69, 9.17) is 11.6 Å². The van der Waals surface area contributed by atoms with Crippen LogP contribution in [0.4, 0.5) is 5.13 Å². The lowest BCUT2D eigenvalue weighted by molar-refractivity contribution is -0.117. The average molecular weight is 295 g/mol. The Kier molecular flexibility index (Phi) is 3.23. The van der Waals surface area contributed by atoms with Gasteiger partial charge in [-0.25, -0.2) is 4.98 Å². The third-order valence-corrected chi connectivity index (χ3v) is 5.12. The van der Waals surface area contributed by atoms with Crippen molar-refractivity contribution in [3.8, 4) is 0 Å². The molecule has 1 saturated heterocycles. The van der Waals surface area contributed by atoms with E-state index in [1.807, 2.05) is 0 Å². The Labute approximate surface area is 121 Å². The first-order valence-corrected chi connectivity index (χ1v) is 7.67. The molecule has 2 heterocycles.